The Labute approximate surface area is 132 Å². The van der Waals surface area contributed by atoms with Gasteiger partial charge in [-0.05, 0) is 79.2 Å². The van der Waals surface area contributed by atoms with Crippen molar-refractivity contribution in [2.24, 2.45) is 11.5 Å². The van der Waals surface area contributed by atoms with E-state index in [9.17, 15) is 0 Å². The molecule has 0 amide bonds. The maximum Gasteiger partial charge on any atom is 0.00739 e. The fourth-order valence-electron chi connectivity index (χ4n) is 2.19. The molecule has 0 aliphatic rings. The Morgan fingerprint density at radius 1 is 0.905 bits per heavy atom. The Morgan fingerprint density at radius 3 is 2.05 bits per heavy atom. The fraction of sp³-hybridized carbons (Fsp3) is 0.684. The lowest BCUT2D eigenvalue weighted by atomic mass is 10.0. The first-order chi connectivity index (χ1) is 9.95. The first kappa shape index (κ1) is 20.1. The molecule has 0 aliphatic carbocycles. The lowest BCUT2D eigenvalue weighted by molar-refractivity contribution is 0.592. The van der Waals surface area contributed by atoms with Gasteiger partial charge < -0.3 is 11.5 Å². The topological polar surface area (TPSA) is 52.0 Å². The first-order valence-corrected chi connectivity index (χ1v) is 8.36. The van der Waals surface area contributed by atoms with Crippen molar-refractivity contribution in [3.05, 3.63) is 34.9 Å². The summed E-state index contributed by atoms with van der Waals surface area (Å²) in [7, 11) is 0. The summed E-state index contributed by atoms with van der Waals surface area (Å²) in [5.41, 5.74) is 15.9. The minimum Gasteiger partial charge on any atom is -0.330 e. The molecule has 0 rings (SSSR count). The van der Waals surface area contributed by atoms with E-state index in [2.05, 4.69) is 45.9 Å². The van der Waals surface area contributed by atoms with E-state index in [1.165, 1.54) is 23.1 Å². The maximum atomic E-state index is 6.05. The quantitative estimate of drug-likeness (QED) is 0.534. The predicted molar refractivity (Wildman–Crippen MR) is 96.3 cm³/mol. The second kappa shape index (κ2) is 12.8. The van der Waals surface area contributed by atoms with E-state index in [0.29, 0.717) is 0 Å². The van der Waals surface area contributed by atoms with Gasteiger partial charge in [-0.25, -0.2) is 0 Å². The molecule has 21 heavy (non-hydrogen) atoms. The van der Waals surface area contributed by atoms with Crippen molar-refractivity contribution in [1.82, 2.24) is 0 Å². The van der Waals surface area contributed by atoms with Crippen LogP contribution in [-0.2, 0) is 0 Å². The SMILES string of the molecule is CC(C)=CCC/C(C)=C/CC/C(C)=C/CC(N)CCCN. The van der Waals surface area contributed by atoms with Gasteiger partial charge in [-0.1, -0.05) is 34.9 Å². The summed E-state index contributed by atoms with van der Waals surface area (Å²) >= 11 is 0. The third-order valence-electron chi connectivity index (χ3n) is 3.67. The molecule has 122 valence electrons. The molecule has 1 atom stereocenters. The van der Waals surface area contributed by atoms with E-state index in [4.69, 9.17) is 11.5 Å². The summed E-state index contributed by atoms with van der Waals surface area (Å²) in [4.78, 5) is 0. The highest BCUT2D eigenvalue weighted by Gasteiger charge is 1.99. The van der Waals surface area contributed by atoms with Gasteiger partial charge >= 0.3 is 0 Å². The standard InChI is InChI=1S/C19H36N2/c1-16(2)8-5-9-17(3)10-6-11-18(4)13-14-19(21)12-7-15-20/h8,10,13,19H,5-7,9,11-12,14-15,20-21H2,1-4H3/b17-10+,18-13+. The number of hydrogen-bond donors (Lipinski definition) is 2. The van der Waals surface area contributed by atoms with Crippen molar-refractivity contribution < 1.29 is 0 Å². The van der Waals surface area contributed by atoms with Gasteiger partial charge in [0.25, 0.3) is 0 Å². The van der Waals surface area contributed by atoms with Crippen LogP contribution in [0.15, 0.2) is 34.9 Å². The van der Waals surface area contributed by atoms with Gasteiger partial charge in [0, 0.05) is 6.04 Å². The second-order valence-corrected chi connectivity index (χ2v) is 6.39. The number of allylic oxidation sites excluding steroid dienone is 5. The minimum absolute atomic E-state index is 0.268. The Kier molecular flexibility index (Phi) is 12.3. The molecule has 2 heteroatoms. The molecular formula is C19H36N2. The van der Waals surface area contributed by atoms with E-state index in [1.807, 2.05) is 0 Å². The monoisotopic (exact) mass is 292 g/mol. The lowest BCUT2D eigenvalue weighted by Gasteiger charge is -2.08. The van der Waals surface area contributed by atoms with E-state index >= 15 is 0 Å². The zero-order valence-corrected chi connectivity index (χ0v) is 14.6. The normalized spacial score (nSPS) is 14.2. The Bertz CT molecular complexity index is 347. The zero-order valence-electron chi connectivity index (χ0n) is 14.6. The fourth-order valence-corrected chi connectivity index (χ4v) is 2.19. The molecule has 0 bridgehead atoms. The largest absolute Gasteiger partial charge is 0.330 e. The van der Waals surface area contributed by atoms with Gasteiger partial charge in [0.1, 0.15) is 0 Å². The number of nitrogens with two attached hydrogens (primary N) is 2. The lowest BCUT2D eigenvalue weighted by Crippen LogP contribution is -2.20. The van der Waals surface area contributed by atoms with Gasteiger partial charge in [0.15, 0.2) is 0 Å². The highest BCUT2D eigenvalue weighted by molar-refractivity contribution is 5.05. The summed E-state index contributed by atoms with van der Waals surface area (Å²) < 4.78 is 0. The van der Waals surface area contributed by atoms with Crippen LogP contribution < -0.4 is 11.5 Å². The van der Waals surface area contributed by atoms with Crippen molar-refractivity contribution >= 4 is 0 Å². The van der Waals surface area contributed by atoms with Crippen LogP contribution in [0.5, 0.6) is 0 Å². The van der Waals surface area contributed by atoms with E-state index in [0.717, 1.165) is 45.1 Å². The van der Waals surface area contributed by atoms with Crippen LogP contribution in [-0.4, -0.2) is 12.6 Å². The van der Waals surface area contributed by atoms with Gasteiger partial charge in [-0.3, -0.25) is 0 Å². The van der Waals surface area contributed by atoms with Gasteiger partial charge in [-0.15, -0.1) is 0 Å². The average molecular weight is 293 g/mol. The average Bonchev–Trinajstić information content (AvgIpc) is 2.42. The molecule has 0 aliphatic heterocycles. The summed E-state index contributed by atoms with van der Waals surface area (Å²) in [6, 6.07) is 0.268. The van der Waals surface area contributed by atoms with E-state index in [-0.39, 0.29) is 6.04 Å². The molecule has 0 saturated carbocycles. The number of hydrogen-bond acceptors (Lipinski definition) is 2. The summed E-state index contributed by atoms with van der Waals surface area (Å²) in [5, 5.41) is 0. The zero-order chi connectivity index (χ0) is 16.1. The predicted octanol–water partition coefficient (Wildman–Crippen LogP) is 4.86. The van der Waals surface area contributed by atoms with Crippen molar-refractivity contribution in [2.45, 2.75) is 78.7 Å². The van der Waals surface area contributed by atoms with Crippen LogP contribution >= 0.6 is 0 Å². The molecular weight excluding hydrogens is 256 g/mol. The molecule has 0 saturated heterocycles. The molecule has 0 aromatic carbocycles. The second-order valence-electron chi connectivity index (χ2n) is 6.39. The van der Waals surface area contributed by atoms with Crippen molar-refractivity contribution in [2.75, 3.05) is 6.54 Å². The Morgan fingerprint density at radius 2 is 1.48 bits per heavy atom. The minimum atomic E-state index is 0.268. The molecule has 0 aromatic heterocycles. The van der Waals surface area contributed by atoms with Crippen LogP contribution in [0, 0.1) is 0 Å². The van der Waals surface area contributed by atoms with E-state index in [1.54, 1.807) is 0 Å². The van der Waals surface area contributed by atoms with Crippen LogP contribution in [0.1, 0.15) is 72.6 Å². The molecule has 0 heterocycles. The third kappa shape index (κ3) is 13.9. The summed E-state index contributed by atoms with van der Waals surface area (Å²) in [5.74, 6) is 0. The molecule has 2 nitrogen and oxygen atoms in total. The Balaban J connectivity index is 3.90. The molecule has 4 N–H and O–H groups in total. The summed E-state index contributed by atoms with van der Waals surface area (Å²) in [6.45, 7) is 9.51. The van der Waals surface area contributed by atoms with Crippen LogP contribution in [0.2, 0.25) is 0 Å². The highest BCUT2D eigenvalue weighted by Crippen LogP contribution is 2.12. The molecule has 0 radical (unpaired) electrons. The van der Waals surface area contributed by atoms with Crippen molar-refractivity contribution in [1.29, 1.82) is 0 Å². The van der Waals surface area contributed by atoms with Gasteiger partial charge in [-0.2, -0.15) is 0 Å². The van der Waals surface area contributed by atoms with Crippen molar-refractivity contribution in [3.8, 4) is 0 Å². The molecule has 0 fully saturated rings. The van der Waals surface area contributed by atoms with Crippen LogP contribution in [0.4, 0.5) is 0 Å². The van der Waals surface area contributed by atoms with E-state index < -0.39 is 0 Å². The maximum absolute atomic E-state index is 6.05. The summed E-state index contributed by atoms with van der Waals surface area (Å²) in [6.07, 6.45) is 14.7. The van der Waals surface area contributed by atoms with Crippen LogP contribution in [0.25, 0.3) is 0 Å². The molecule has 1 unspecified atom stereocenters. The molecule has 0 spiro atoms. The van der Waals surface area contributed by atoms with Gasteiger partial charge in [0.2, 0.25) is 0 Å². The third-order valence-corrected chi connectivity index (χ3v) is 3.67. The Hall–Kier alpha value is -0.860. The van der Waals surface area contributed by atoms with Crippen molar-refractivity contribution in [3.63, 3.8) is 0 Å². The first-order valence-electron chi connectivity index (χ1n) is 8.36. The van der Waals surface area contributed by atoms with Crippen LogP contribution in [0.3, 0.4) is 0 Å². The number of rotatable bonds is 11. The molecule has 0 aromatic rings. The smallest absolute Gasteiger partial charge is 0.00739 e. The highest BCUT2D eigenvalue weighted by atomic mass is 14.6. The van der Waals surface area contributed by atoms with Gasteiger partial charge in [0.05, 0.1) is 0 Å².